The molecule has 20 heavy (non-hydrogen) atoms. The van der Waals surface area contributed by atoms with E-state index >= 15 is 0 Å². The quantitative estimate of drug-likeness (QED) is 0.457. The van der Waals surface area contributed by atoms with Crippen LogP contribution in [-0.2, 0) is 16.7 Å². The van der Waals surface area contributed by atoms with Crippen molar-refractivity contribution in [2.75, 3.05) is 12.9 Å². The maximum atomic E-state index is 10.6. The summed E-state index contributed by atoms with van der Waals surface area (Å²) in [6.45, 7) is 2.44. The highest BCUT2D eigenvalue weighted by Crippen LogP contribution is 2.20. The van der Waals surface area contributed by atoms with Gasteiger partial charge in [0, 0.05) is 12.2 Å². The first-order valence-electron chi connectivity index (χ1n) is 6.31. The number of aryl methyl sites for hydroxylation is 2. The molecule has 0 aliphatic carbocycles. The molecule has 0 radical (unpaired) electrons. The number of oxazole rings is 1. The maximum absolute atomic E-state index is 10.6. The number of methoxy groups -OCH3 is 1. The van der Waals surface area contributed by atoms with Gasteiger partial charge in [0.05, 0.1) is 30.2 Å². The molecule has 7 heteroatoms. The van der Waals surface area contributed by atoms with Crippen molar-refractivity contribution in [3.05, 3.63) is 24.1 Å². The van der Waals surface area contributed by atoms with Crippen LogP contribution >= 0.6 is 0 Å². The zero-order valence-electron chi connectivity index (χ0n) is 11.5. The molecule has 1 heterocycles. The molecular formula is C13H17NO5S. The van der Waals surface area contributed by atoms with Gasteiger partial charge in [-0.05, 0) is 18.6 Å². The standard InChI is InChI=1S/C13H17NO5S/c1-10-14(7-3-4-8-20(15,16)17)12-9-11(18-2)5-6-13(12)19-10/h5-6,9H,3-4,7-8H2,1-2H3. The smallest absolute Gasteiger partial charge is 0.344 e. The van der Waals surface area contributed by atoms with E-state index in [4.69, 9.17) is 9.15 Å². The second kappa shape index (κ2) is 5.80. The molecule has 0 bridgehead atoms. The zero-order chi connectivity index (χ0) is 14.8. The molecule has 0 N–H and O–H groups in total. The van der Waals surface area contributed by atoms with E-state index in [1.807, 2.05) is 29.7 Å². The average molecular weight is 299 g/mol. The second-order valence-electron chi connectivity index (χ2n) is 4.58. The summed E-state index contributed by atoms with van der Waals surface area (Å²) in [5, 5.41) is 0. The summed E-state index contributed by atoms with van der Waals surface area (Å²) in [6.07, 6.45) is 0.938. The third-order valence-corrected chi connectivity index (χ3v) is 3.91. The fraction of sp³-hybridized carbons (Fsp3) is 0.462. The van der Waals surface area contributed by atoms with Crippen LogP contribution in [0.1, 0.15) is 18.7 Å². The van der Waals surface area contributed by atoms with Crippen LogP contribution in [0.2, 0.25) is 0 Å². The highest BCUT2D eigenvalue weighted by atomic mass is 32.2. The maximum Gasteiger partial charge on any atom is 0.344 e. The van der Waals surface area contributed by atoms with E-state index in [9.17, 15) is 13.0 Å². The summed E-state index contributed by atoms with van der Waals surface area (Å²) >= 11 is 0. The lowest BCUT2D eigenvalue weighted by Crippen LogP contribution is -2.35. The largest absolute Gasteiger partial charge is 0.748 e. The first-order valence-corrected chi connectivity index (χ1v) is 7.89. The molecule has 0 aliphatic rings. The Bertz CT molecular complexity index is 705. The third-order valence-electron chi connectivity index (χ3n) is 3.12. The lowest BCUT2D eigenvalue weighted by molar-refractivity contribution is -0.683. The number of hydrogen-bond donors (Lipinski definition) is 0. The van der Waals surface area contributed by atoms with Crippen LogP contribution in [-0.4, -0.2) is 25.8 Å². The van der Waals surface area contributed by atoms with Gasteiger partial charge in [-0.2, -0.15) is 4.57 Å². The van der Waals surface area contributed by atoms with E-state index < -0.39 is 10.1 Å². The topological polar surface area (TPSA) is 83.5 Å². The summed E-state index contributed by atoms with van der Waals surface area (Å²) in [7, 11) is -2.54. The van der Waals surface area contributed by atoms with E-state index in [-0.39, 0.29) is 5.75 Å². The highest BCUT2D eigenvalue weighted by molar-refractivity contribution is 7.85. The van der Waals surface area contributed by atoms with Gasteiger partial charge in [0.1, 0.15) is 5.75 Å². The van der Waals surface area contributed by atoms with Gasteiger partial charge in [0.2, 0.25) is 5.58 Å². The minimum absolute atomic E-state index is 0.328. The lowest BCUT2D eigenvalue weighted by atomic mass is 10.3. The van der Waals surface area contributed by atoms with Crippen molar-refractivity contribution < 1.29 is 26.7 Å². The van der Waals surface area contributed by atoms with E-state index in [0.29, 0.717) is 19.4 Å². The second-order valence-corrected chi connectivity index (χ2v) is 6.10. The minimum Gasteiger partial charge on any atom is -0.748 e. The zero-order valence-corrected chi connectivity index (χ0v) is 12.3. The van der Waals surface area contributed by atoms with E-state index in [2.05, 4.69) is 0 Å². The van der Waals surface area contributed by atoms with Crippen LogP contribution in [0.3, 0.4) is 0 Å². The van der Waals surface area contributed by atoms with Gasteiger partial charge in [0.15, 0.2) is 6.54 Å². The number of rotatable bonds is 6. The van der Waals surface area contributed by atoms with E-state index in [1.165, 1.54) is 0 Å². The van der Waals surface area contributed by atoms with Crippen molar-refractivity contribution in [1.82, 2.24) is 0 Å². The fourth-order valence-corrected chi connectivity index (χ4v) is 2.69. The molecular weight excluding hydrogens is 282 g/mol. The molecule has 0 aliphatic heterocycles. The monoisotopic (exact) mass is 299 g/mol. The molecule has 1 aromatic carbocycles. The number of ether oxygens (including phenoxy) is 1. The van der Waals surface area contributed by atoms with Crippen molar-refractivity contribution in [3.8, 4) is 5.75 Å². The van der Waals surface area contributed by atoms with Crippen molar-refractivity contribution in [1.29, 1.82) is 0 Å². The van der Waals surface area contributed by atoms with Gasteiger partial charge < -0.3 is 13.7 Å². The molecule has 2 rings (SSSR count). The lowest BCUT2D eigenvalue weighted by Gasteiger charge is -2.04. The van der Waals surface area contributed by atoms with Crippen molar-refractivity contribution in [2.45, 2.75) is 26.3 Å². The van der Waals surface area contributed by atoms with Crippen molar-refractivity contribution >= 4 is 21.2 Å². The van der Waals surface area contributed by atoms with Crippen LogP contribution in [0.5, 0.6) is 5.75 Å². The van der Waals surface area contributed by atoms with Gasteiger partial charge in [0.25, 0.3) is 5.52 Å². The average Bonchev–Trinajstić information content (AvgIpc) is 2.68. The Morgan fingerprint density at radius 3 is 2.75 bits per heavy atom. The number of hydrogen-bond acceptors (Lipinski definition) is 5. The molecule has 0 fully saturated rings. The predicted molar refractivity (Wildman–Crippen MR) is 71.5 cm³/mol. The fourth-order valence-electron chi connectivity index (χ4n) is 2.13. The summed E-state index contributed by atoms with van der Waals surface area (Å²) in [6, 6.07) is 5.52. The molecule has 6 nitrogen and oxygen atoms in total. The Morgan fingerprint density at radius 2 is 2.10 bits per heavy atom. The van der Waals surface area contributed by atoms with Crippen molar-refractivity contribution in [3.63, 3.8) is 0 Å². The highest BCUT2D eigenvalue weighted by Gasteiger charge is 2.19. The Labute approximate surface area is 117 Å². The van der Waals surface area contributed by atoms with Crippen molar-refractivity contribution in [2.24, 2.45) is 0 Å². The summed E-state index contributed by atoms with van der Waals surface area (Å²) in [5.74, 6) is 1.14. The Morgan fingerprint density at radius 1 is 1.35 bits per heavy atom. The van der Waals surface area contributed by atoms with Gasteiger partial charge in [-0.15, -0.1) is 0 Å². The third kappa shape index (κ3) is 3.49. The summed E-state index contributed by atoms with van der Waals surface area (Å²) in [4.78, 5) is 0. The normalized spacial score (nSPS) is 11.9. The van der Waals surface area contributed by atoms with Gasteiger partial charge in [-0.1, -0.05) is 0 Å². The minimum atomic E-state index is -4.13. The predicted octanol–water partition coefficient (Wildman–Crippen LogP) is 1.36. The molecule has 0 saturated heterocycles. The number of nitrogens with zero attached hydrogens (tertiary/aromatic N) is 1. The number of fused-ring (bicyclic) bond motifs is 1. The van der Waals surface area contributed by atoms with Gasteiger partial charge >= 0.3 is 5.89 Å². The molecule has 2 aromatic rings. The van der Waals surface area contributed by atoms with Crippen LogP contribution in [0, 0.1) is 6.92 Å². The molecule has 0 spiro atoms. The Hall–Kier alpha value is -1.60. The van der Waals surface area contributed by atoms with E-state index in [1.54, 1.807) is 7.11 Å². The molecule has 0 atom stereocenters. The molecule has 110 valence electrons. The van der Waals surface area contributed by atoms with Gasteiger partial charge in [-0.25, -0.2) is 8.42 Å². The first kappa shape index (κ1) is 14.8. The van der Waals surface area contributed by atoms with Crippen LogP contribution < -0.4 is 9.30 Å². The molecule has 1 aromatic heterocycles. The Balaban J connectivity index is 2.14. The number of aromatic nitrogens is 1. The molecule has 0 amide bonds. The summed E-state index contributed by atoms with van der Waals surface area (Å²) < 4.78 is 44.4. The van der Waals surface area contributed by atoms with Gasteiger partial charge in [-0.3, -0.25) is 0 Å². The first-order chi connectivity index (χ1) is 9.40. The SMILES string of the molecule is COc1ccc2oc(C)[n+](CCCCS(=O)(=O)[O-])c2c1. The molecule has 0 saturated carbocycles. The Kier molecular flexibility index (Phi) is 4.29. The van der Waals surface area contributed by atoms with Crippen LogP contribution in [0.4, 0.5) is 0 Å². The van der Waals surface area contributed by atoms with Crippen LogP contribution in [0.15, 0.2) is 22.6 Å². The van der Waals surface area contributed by atoms with Crippen LogP contribution in [0.25, 0.3) is 11.1 Å². The number of benzene rings is 1. The van der Waals surface area contributed by atoms with E-state index in [0.717, 1.165) is 22.7 Å². The number of unbranched alkanes of at least 4 members (excludes halogenated alkanes) is 1. The summed E-state index contributed by atoms with van der Waals surface area (Å²) in [5.41, 5.74) is 1.64. The molecule has 0 unspecified atom stereocenters.